The van der Waals surface area contributed by atoms with Gasteiger partial charge in [-0.05, 0) is 6.92 Å². The van der Waals surface area contributed by atoms with E-state index in [2.05, 4.69) is 35.1 Å². The molecule has 9 nitrogen and oxygen atoms in total. The van der Waals surface area contributed by atoms with Crippen LogP contribution in [0.1, 0.15) is 11.6 Å². The maximum Gasteiger partial charge on any atom is 0.201 e. The molecule has 0 aromatic carbocycles. The zero-order valence-electron chi connectivity index (χ0n) is 13.7. The SMILES string of the molecule is Cc1nc(-c2nccn2Cc2nc(-c3cnccn3)n[nH]2)cn1C.Cl. The largest absolute Gasteiger partial charge is 0.337 e. The van der Waals surface area contributed by atoms with Crippen LogP contribution in [-0.2, 0) is 13.6 Å². The summed E-state index contributed by atoms with van der Waals surface area (Å²) in [5.74, 6) is 2.95. The summed E-state index contributed by atoms with van der Waals surface area (Å²) in [7, 11) is 1.96. The van der Waals surface area contributed by atoms with Crippen LogP contribution in [0, 0.1) is 6.92 Å². The molecule has 0 radical (unpaired) electrons. The van der Waals surface area contributed by atoms with Crippen LogP contribution in [0.2, 0.25) is 0 Å². The second-order valence-corrected chi connectivity index (χ2v) is 5.36. The highest BCUT2D eigenvalue weighted by molar-refractivity contribution is 5.85. The lowest BCUT2D eigenvalue weighted by molar-refractivity contribution is 0.753. The van der Waals surface area contributed by atoms with Crippen LogP contribution in [0.3, 0.4) is 0 Å². The standard InChI is InChI=1S/C15H15N9.ClH/c1-10-19-12(8-23(10)2)15-18-5-6-24(15)9-13-20-14(22-21-13)11-7-16-3-4-17-11;/h3-8H,9H2,1-2H3,(H,20,21,22);1H. The van der Waals surface area contributed by atoms with Gasteiger partial charge < -0.3 is 9.13 Å². The van der Waals surface area contributed by atoms with E-state index in [0.29, 0.717) is 23.9 Å². The highest BCUT2D eigenvalue weighted by Crippen LogP contribution is 2.17. The molecule has 0 unspecified atom stereocenters. The lowest BCUT2D eigenvalue weighted by Gasteiger charge is -2.03. The first-order valence-electron chi connectivity index (χ1n) is 7.40. The number of aromatic nitrogens is 9. The number of rotatable bonds is 4. The van der Waals surface area contributed by atoms with Crippen molar-refractivity contribution < 1.29 is 0 Å². The van der Waals surface area contributed by atoms with E-state index >= 15 is 0 Å². The maximum atomic E-state index is 4.52. The maximum absolute atomic E-state index is 4.52. The van der Waals surface area contributed by atoms with Crippen LogP contribution in [-0.4, -0.2) is 44.3 Å². The van der Waals surface area contributed by atoms with Crippen molar-refractivity contribution in [3.05, 3.63) is 48.8 Å². The molecule has 0 atom stereocenters. The van der Waals surface area contributed by atoms with Gasteiger partial charge in [0.1, 0.15) is 23.0 Å². The van der Waals surface area contributed by atoms with Crippen LogP contribution in [0.25, 0.3) is 23.0 Å². The van der Waals surface area contributed by atoms with Crippen molar-refractivity contribution in [3.8, 4) is 23.0 Å². The first-order chi connectivity index (χ1) is 11.7. The van der Waals surface area contributed by atoms with E-state index in [1.54, 1.807) is 24.8 Å². The third-order valence-corrected chi connectivity index (χ3v) is 3.70. The van der Waals surface area contributed by atoms with Crippen LogP contribution < -0.4 is 0 Å². The fourth-order valence-corrected chi connectivity index (χ4v) is 2.39. The Kier molecular flexibility index (Phi) is 4.57. The average molecular weight is 358 g/mol. The Labute approximate surface area is 149 Å². The summed E-state index contributed by atoms with van der Waals surface area (Å²) in [5.41, 5.74) is 1.46. The minimum Gasteiger partial charge on any atom is -0.337 e. The van der Waals surface area contributed by atoms with Crippen LogP contribution >= 0.6 is 12.4 Å². The second-order valence-electron chi connectivity index (χ2n) is 5.36. The molecule has 0 amide bonds. The molecule has 1 N–H and O–H groups in total. The van der Waals surface area contributed by atoms with E-state index in [1.807, 2.05) is 35.5 Å². The summed E-state index contributed by atoms with van der Waals surface area (Å²) in [6, 6.07) is 0. The first-order valence-corrected chi connectivity index (χ1v) is 7.40. The summed E-state index contributed by atoms with van der Waals surface area (Å²) >= 11 is 0. The average Bonchev–Trinajstić information content (AvgIpc) is 3.31. The lowest BCUT2D eigenvalue weighted by Crippen LogP contribution is -2.03. The number of nitrogens with zero attached hydrogens (tertiary/aromatic N) is 8. The first kappa shape index (κ1) is 16.8. The molecule has 4 rings (SSSR count). The van der Waals surface area contributed by atoms with E-state index < -0.39 is 0 Å². The van der Waals surface area contributed by atoms with Crippen molar-refractivity contribution in [2.75, 3.05) is 0 Å². The van der Waals surface area contributed by atoms with Gasteiger partial charge in [-0.1, -0.05) is 0 Å². The minimum absolute atomic E-state index is 0. The fraction of sp³-hybridized carbons (Fsp3) is 0.200. The Bertz CT molecular complexity index is 950. The smallest absolute Gasteiger partial charge is 0.201 e. The van der Waals surface area contributed by atoms with Crippen molar-refractivity contribution in [2.45, 2.75) is 13.5 Å². The molecule has 4 aromatic rings. The van der Waals surface area contributed by atoms with E-state index in [4.69, 9.17) is 0 Å². The molecule has 4 heterocycles. The fourth-order valence-electron chi connectivity index (χ4n) is 2.39. The van der Waals surface area contributed by atoms with Crippen LogP contribution in [0.4, 0.5) is 0 Å². The van der Waals surface area contributed by atoms with E-state index in [-0.39, 0.29) is 12.4 Å². The van der Waals surface area contributed by atoms with Crippen molar-refractivity contribution in [2.24, 2.45) is 7.05 Å². The van der Waals surface area contributed by atoms with Gasteiger partial charge in [0.2, 0.25) is 5.82 Å². The van der Waals surface area contributed by atoms with E-state index in [1.165, 1.54) is 0 Å². The quantitative estimate of drug-likeness (QED) is 0.595. The molecule has 0 aliphatic heterocycles. The number of hydrogen-bond donors (Lipinski definition) is 1. The second kappa shape index (κ2) is 6.81. The van der Waals surface area contributed by atoms with Crippen LogP contribution in [0.5, 0.6) is 0 Å². The molecule has 0 saturated carbocycles. The summed E-state index contributed by atoms with van der Waals surface area (Å²) in [6.07, 6.45) is 10.5. The molecule has 0 fully saturated rings. The molecule has 0 aliphatic carbocycles. The van der Waals surface area contributed by atoms with Gasteiger partial charge in [-0.25, -0.2) is 19.9 Å². The summed E-state index contributed by atoms with van der Waals surface area (Å²) in [5, 5.41) is 7.13. The summed E-state index contributed by atoms with van der Waals surface area (Å²) < 4.78 is 3.94. The number of imidazole rings is 2. The van der Waals surface area contributed by atoms with Gasteiger partial charge in [-0.15, -0.1) is 12.4 Å². The zero-order chi connectivity index (χ0) is 16.5. The summed E-state index contributed by atoms with van der Waals surface area (Å²) in [4.78, 5) is 21.6. The Morgan fingerprint density at radius 1 is 1.08 bits per heavy atom. The molecule has 0 spiro atoms. The number of aryl methyl sites for hydroxylation is 2. The molecular formula is C15H16ClN9. The van der Waals surface area contributed by atoms with Gasteiger partial charge >= 0.3 is 0 Å². The Morgan fingerprint density at radius 2 is 1.96 bits per heavy atom. The molecule has 0 bridgehead atoms. The van der Waals surface area contributed by atoms with Gasteiger partial charge in [0, 0.05) is 38.0 Å². The zero-order valence-corrected chi connectivity index (χ0v) is 14.5. The van der Waals surface area contributed by atoms with E-state index in [0.717, 1.165) is 17.3 Å². The van der Waals surface area contributed by atoms with Gasteiger partial charge in [0.05, 0.1) is 12.7 Å². The Balaban J connectivity index is 0.00000182. The number of hydrogen-bond acceptors (Lipinski definition) is 6. The third kappa shape index (κ3) is 3.26. The summed E-state index contributed by atoms with van der Waals surface area (Å²) in [6.45, 7) is 2.47. The number of nitrogens with one attached hydrogen (secondary N) is 1. The van der Waals surface area contributed by atoms with Gasteiger partial charge in [-0.3, -0.25) is 10.1 Å². The van der Waals surface area contributed by atoms with E-state index in [9.17, 15) is 0 Å². The molecule has 4 aromatic heterocycles. The molecule has 10 heteroatoms. The Morgan fingerprint density at radius 3 is 2.68 bits per heavy atom. The van der Waals surface area contributed by atoms with Gasteiger partial charge in [0.15, 0.2) is 5.82 Å². The molecular weight excluding hydrogens is 342 g/mol. The molecule has 128 valence electrons. The molecule has 0 aliphatic rings. The predicted octanol–water partition coefficient (Wildman–Crippen LogP) is 1.64. The monoisotopic (exact) mass is 357 g/mol. The minimum atomic E-state index is 0. The number of H-pyrrole nitrogens is 1. The highest BCUT2D eigenvalue weighted by Gasteiger charge is 2.13. The third-order valence-electron chi connectivity index (χ3n) is 3.70. The number of halogens is 1. The Hall–Kier alpha value is -3.07. The normalized spacial score (nSPS) is 10.6. The van der Waals surface area contributed by atoms with Gasteiger partial charge in [0.25, 0.3) is 0 Å². The van der Waals surface area contributed by atoms with Gasteiger partial charge in [-0.2, -0.15) is 5.10 Å². The van der Waals surface area contributed by atoms with Crippen LogP contribution in [0.15, 0.2) is 37.2 Å². The van der Waals surface area contributed by atoms with Crippen molar-refractivity contribution in [1.82, 2.24) is 44.3 Å². The molecule has 25 heavy (non-hydrogen) atoms. The topological polar surface area (TPSA) is 103 Å². The number of aromatic amines is 1. The predicted molar refractivity (Wildman–Crippen MR) is 92.9 cm³/mol. The molecule has 0 saturated heterocycles. The highest BCUT2D eigenvalue weighted by atomic mass is 35.5. The lowest BCUT2D eigenvalue weighted by atomic mass is 10.4. The van der Waals surface area contributed by atoms with Crippen molar-refractivity contribution in [1.29, 1.82) is 0 Å². The van der Waals surface area contributed by atoms with Crippen molar-refractivity contribution in [3.63, 3.8) is 0 Å². The van der Waals surface area contributed by atoms with Crippen molar-refractivity contribution >= 4 is 12.4 Å².